The number of nitrogens with zero attached hydrogens (tertiary/aromatic N) is 2. The summed E-state index contributed by atoms with van der Waals surface area (Å²) in [6.07, 6.45) is 3.87. The van der Waals surface area contributed by atoms with Crippen molar-refractivity contribution in [2.45, 2.75) is 77.0 Å². The average Bonchev–Trinajstić information content (AvgIpc) is 2.60. The van der Waals surface area contributed by atoms with Gasteiger partial charge in [0.05, 0.1) is 11.6 Å². The van der Waals surface area contributed by atoms with E-state index in [0.29, 0.717) is 18.4 Å². The van der Waals surface area contributed by atoms with Crippen molar-refractivity contribution in [1.29, 1.82) is 5.26 Å². The molecule has 0 N–H and O–H groups in total. The zero-order valence-electron chi connectivity index (χ0n) is 16.7. The van der Waals surface area contributed by atoms with Gasteiger partial charge < -0.3 is 9.64 Å². The van der Waals surface area contributed by atoms with Crippen LogP contribution < -0.4 is 0 Å². The maximum absolute atomic E-state index is 13.3. The van der Waals surface area contributed by atoms with E-state index in [0.717, 1.165) is 19.3 Å². The van der Waals surface area contributed by atoms with Crippen molar-refractivity contribution in [2.24, 2.45) is 5.92 Å². The predicted octanol–water partition coefficient (Wildman–Crippen LogP) is 4.38. The molecule has 1 aromatic carbocycles. The van der Waals surface area contributed by atoms with Gasteiger partial charge in [-0.2, -0.15) is 5.26 Å². The molecule has 2 saturated heterocycles. The van der Waals surface area contributed by atoms with E-state index in [9.17, 15) is 19.2 Å². The molecule has 0 spiro atoms. The number of ether oxygens (including phenoxy) is 1. The fourth-order valence-corrected chi connectivity index (χ4v) is 4.40. The van der Waals surface area contributed by atoms with Crippen LogP contribution in [0.2, 0.25) is 0 Å². The van der Waals surface area contributed by atoms with Crippen molar-refractivity contribution < 1.29 is 18.7 Å². The Morgan fingerprint density at radius 3 is 2.46 bits per heavy atom. The van der Waals surface area contributed by atoms with Gasteiger partial charge in [-0.05, 0) is 70.6 Å². The second kappa shape index (κ2) is 7.90. The topological polar surface area (TPSA) is 70.4 Å². The van der Waals surface area contributed by atoms with Gasteiger partial charge in [0.25, 0.3) is 0 Å². The molecule has 1 amide bonds. The average molecular weight is 386 g/mol. The van der Waals surface area contributed by atoms with E-state index in [1.54, 1.807) is 0 Å². The van der Waals surface area contributed by atoms with E-state index in [1.807, 2.05) is 31.7 Å². The molecule has 0 aliphatic carbocycles. The maximum Gasteiger partial charge on any atom is 0.410 e. The van der Waals surface area contributed by atoms with Crippen molar-refractivity contribution in [3.63, 3.8) is 0 Å². The maximum atomic E-state index is 13.3. The van der Waals surface area contributed by atoms with Crippen molar-refractivity contribution in [3.05, 3.63) is 35.1 Å². The number of hydrogen-bond acceptors (Lipinski definition) is 4. The smallest absolute Gasteiger partial charge is 0.410 e. The van der Waals surface area contributed by atoms with Crippen LogP contribution in [0.1, 0.15) is 64.0 Å². The van der Waals surface area contributed by atoms with Crippen molar-refractivity contribution in [2.75, 3.05) is 0 Å². The molecule has 1 aromatic rings. The predicted molar refractivity (Wildman–Crippen MR) is 102 cm³/mol. The van der Waals surface area contributed by atoms with Gasteiger partial charge in [0, 0.05) is 24.4 Å². The number of amides is 1. The number of rotatable bonds is 3. The molecular weight excluding hydrogens is 359 g/mol. The van der Waals surface area contributed by atoms with Crippen LogP contribution in [0.4, 0.5) is 9.18 Å². The lowest BCUT2D eigenvalue weighted by molar-refractivity contribution is -0.126. The number of fused-ring (bicyclic) bond motifs is 2. The van der Waals surface area contributed by atoms with Gasteiger partial charge in [-0.25, -0.2) is 9.18 Å². The highest BCUT2D eigenvalue weighted by Gasteiger charge is 2.44. The summed E-state index contributed by atoms with van der Waals surface area (Å²) in [5.74, 6) is -0.567. The largest absolute Gasteiger partial charge is 0.444 e. The summed E-state index contributed by atoms with van der Waals surface area (Å²) in [7, 11) is 0. The fraction of sp³-hybridized carbons (Fsp3) is 0.591. The Morgan fingerprint density at radius 2 is 1.89 bits per heavy atom. The van der Waals surface area contributed by atoms with Crippen LogP contribution in [-0.2, 0) is 16.0 Å². The van der Waals surface area contributed by atoms with Gasteiger partial charge in [-0.1, -0.05) is 6.07 Å². The number of carbonyl (C=O) groups is 2. The molecule has 2 fully saturated rings. The first-order chi connectivity index (χ1) is 13.2. The molecule has 0 saturated carbocycles. The van der Waals surface area contributed by atoms with Crippen LogP contribution in [-0.4, -0.2) is 34.5 Å². The molecule has 28 heavy (non-hydrogen) atoms. The van der Waals surface area contributed by atoms with Gasteiger partial charge in [-0.15, -0.1) is 0 Å². The summed E-state index contributed by atoms with van der Waals surface area (Å²) < 4.78 is 18.9. The Hall–Kier alpha value is -2.42. The van der Waals surface area contributed by atoms with Gasteiger partial charge in [0.2, 0.25) is 0 Å². The van der Waals surface area contributed by atoms with E-state index in [4.69, 9.17) is 4.74 Å². The molecule has 2 bridgehead atoms. The van der Waals surface area contributed by atoms with Crippen molar-refractivity contribution in [1.82, 2.24) is 4.90 Å². The number of hydrogen-bond donors (Lipinski definition) is 0. The summed E-state index contributed by atoms with van der Waals surface area (Å²) >= 11 is 0. The molecule has 5 nitrogen and oxygen atoms in total. The first kappa shape index (κ1) is 20.3. The zero-order chi connectivity index (χ0) is 20.5. The van der Waals surface area contributed by atoms with Gasteiger partial charge >= 0.3 is 6.09 Å². The van der Waals surface area contributed by atoms with Crippen molar-refractivity contribution in [3.8, 4) is 6.07 Å². The van der Waals surface area contributed by atoms with Crippen LogP contribution in [0, 0.1) is 23.1 Å². The minimum Gasteiger partial charge on any atom is -0.444 e. The molecular formula is C22H27FN2O3. The Bertz CT molecular complexity index is 795. The number of Topliss-reactive ketones (excluding diaryl/α,β-unsaturated/α-hetero) is 1. The monoisotopic (exact) mass is 386 g/mol. The Morgan fingerprint density at radius 1 is 1.25 bits per heavy atom. The molecule has 2 aliphatic rings. The Labute approximate surface area is 165 Å². The minimum absolute atomic E-state index is 0.0138. The zero-order valence-corrected chi connectivity index (χ0v) is 16.7. The number of benzene rings is 1. The summed E-state index contributed by atoms with van der Waals surface area (Å²) in [6.45, 7) is 5.56. The second-order valence-electron chi connectivity index (χ2n) is 8.85. The Kier molecular flexibility index (Phi) is 5.74. The summed E-state index contributed by atoms with van der Waals surface area (Å²) in [5.41, 5.74) is 0.224. The molecule has 0 aromatic heterocycles. The first-order valence-corrected chi connectivity index (χ1v) is 9.90. The molecule has 2 atom stereocenters. The fourth-order valence-electron chi connectivity index (χ4n) is 4.40. The molecule has 150 valence electrons. The molecule has 0 radical (unpaired) electrons. The van der Waals surface area contributed by atoms with E-state index in [1.165, 1.54) is 18.2 Å². The van der Waals surface area contributed by atoms with Crippen LogP contribution in [0.15, 0.2) is 18.2 Å². The Balaban J connectivity index is 1.71. The summed E-state index contributed by atoms with van der Waals surface area (Å²) in [4.78, 5) is 27.4. The summed E-state index contributed by atoms with van der Waals surface area (Å²) in [6, 6.07) is 5.96. The quantitative estimate of drug-likeness (QED) is 0.773. The van der Waals surface area contributed by atoms with Crippen LogP contribution in [0.25, 0.3) is 0 Å². The molecule has 2 unspecified atom stereocenters. The van der Waals surface area contributed by atoms with Crippen LogP contribution in [0.3, 0.4) is 0 Å². The number of piperidine rings is 2. The molecule has 2 aliphatic heterocycles. The minimum atomic E-state index is -0.547. The number of halogens is 1. The lowest BCUT2D eigenvalue weighted by Gasteiger charge is -2.48. The lowest BCUT2D eigenvalue weighted by Crippen LogP contribution is -2.56. The van der Waals surface area contributed by atoms with Gasteiger partial charge in [-0.3, -0.25) is 4.79 Å². The number of carbonyl (C=O) groups excluding carboxylic acids is 2. The SMILES string of the molecule is CC(C)(C)OC(=O)N1C2CCCC1CC(C(=O)Cc1ccc(F)cc1C#N)C2. The second-order valence-corrected chi connectivity index (χ2v) is 8.85. The normalized spacial score (nSPS) is 24.4. The highest BCUT2D eigenvalue weighted by Crippen LogP contribution is 2.38. The molecule has 6 heteroatoms. The van der Waals surface area contributed by atoms with E-state index >= 15 is 0 Å². The third-order valence-electron chi connectivity index (χ3n) is 5.59. The third-order valence-corrected chi connectivity index (χ3v) is 5.59. The number of ketones is 1. The highest BCUT2D eigenvalue weighted by atomic mass is 19.1. The van der Waals surface area contributed by atoms with Gasteiger partial charge in [0.1, 0.15) is 17.2 Å². The van der Waals surface area contributed by atoms with Crippen LogP contribution in [0.5, 0.6) is 0 Å². The van der Waals surface area contributed by atoms with E-state index < -0.39 is 11.4 Å². The van der Waals surface area contributed by atoms with Crippen molar-refractivity contribution >= 4 is 11.9 Å². The van der Waals surface area contributed by atoms with Gasteiger partial charge in [0.15, 0.2) is 0 Å². The summed E-state index contributed by atoms with van der Waals surface area (Å²) in [5, 5.41) is 9.20. The van der Waals surface area contributed by atoms with E-state index in [2.05, 4.69) is 0 Å². The number of nitriles is 1. The molecule has 3 rings (SSSR count). The lowest BCUT2D eigenvalue weighted by atomic mass is 9.76. The first-order valence-electron chi connectivity index (χ1n) is 9.90. The third kappa shape index (κ3) is 4.52. The molecule has 2 heterocycles. The van der Waals surface area contributed by atoms with Crippen LogP contribution >= 0.6 is 0 Å². The highest BCUT2D eigenvalue weighted by molar-refractivity contribution is 5.84. The van der Waals surface area contributed by atoms with E-state index in [-0.39, 0.29) is 41.9 Å². The standard InChI is InChI=1S/C22H27FN2O3/c1-22(2,3)28-21(27)25-18-5-4-6-19(25)11-15(10-18)20(26)12-14-7-8-17(23)9-16(14)13-24/h7-9,15,18-19H,4-6,10-12H2,1-3H3.